The van der Waals surface area contributed by atoms with E-state index in [2.05, 4.69) is 15.3 Å². The summed E-state index contributed by atoms with van der Waals surface area (Å²) in [5.41, 5.74) is 1.19. The summed E-state index contributed by atoms with van der Waals surface area (Å²) in [6.45, 7) is 0. The number of aromatic nitrogens is 4. The number of nitrogens with zero attached hydrogens (tertiary/aromatic N) is 3. The van der Waals surface area contributed by atoms with Gasteiger partial charge in [-0.15, -0.1) is 0 Å². The fourth-order valence-electron chi connectivity index (χ4n) is 1.83. The molecule has 1 aromatic carbocycles. The van der Waals surface area contributed by atoms with Gasteiger partial charge in [-0.2, -0.15) is 14.9 Å². The van der Waals surface area contributed by atoms with Crippen molar-refractivity contribution in [3.63, 3.8) is 0 Å². The summed E-state index contributed by atoms with van der Waals surface area (Å²) in [7, 11) is 1.53. The van der Waals surface area contributed by atoms with Gasteiger partial charge in [-0.05, 0) is 12.1 Å². The predicted molar refractivity (Wildman–Crippen MR) is 71.0 cm³/mol. The third kappa shape index (κ3) is 1.86. The Morgan fingerprint density at radius 2 is 2.16 bits per heavy atom. The molecule has 2 aromatic heterocycles. The number of fused-ring (bicyclic) bond motifs is 1. The summed E-state index contributed by atoms with van der Waals surface area (Å²) >= 11 is 5.91. The van der Waals surface area contributed by atoms with Gasteiger partial charge in [0, 0.05) is 6.07 Å². The van der Waals surface area contributed by atoms with Gasteiger partial charge in [-0.1, -0.05) is 23.7 Å². The Labute approximate surface area is 112 Å². The van der Waals surface area contributed by atoms with Crippen molar-refractivity contribution in [1.29, 1.82) is 0 Å². The molecule has 0 spiro atoms. The van der Waals surface area contributed by atoms with Gasteiger partial charge in [0.05, 0.1) is 12.6 Å². The summed E-state index contributed by atoms with van der Waals surface area (Å²) in [6, 6.07) is 8.51. The van der Waals surface area contributed by atoms with Crippen LogP contribution in [0.25, 0.3) is 16.7 Å². The fraction of sp³-hybridized carbons (Fsp3) is 0.0833. The number of ether oxygens (including phenoxy) is 1. The zero-order chi connectivity index (χ0) is 13.4. The lowest BCUT2D eigenvalue weighted by Crippen LogP contribution is -2.20. The number of rotatable bonds is 2. The first kappa shape index (κ1) is 11.7. The van der Waals surface area contributed by atoms with Crippen LogP contribution in [0.15, 0.2) is 35.1 Å². The molecule has 0 saturated heterocycles. The van der Waals surface area contributed by atoms with Crippen LogP contribution in [0, 0.1) is 0 Å². The standard InChI is InChI=1S/C12H9ClN4O2/c1-19-9-5-3-2-4-8(9)17-10(18)6-7-11(16-17)12(13)15-14-7/h2-6,14H,1H3. The first-order valence-corrected chi connectivity index (χ1v) is 5.86. The number of hydrogen-bond donors (Lipinski definition) is 1. The maximum Gasteiger partial charge on any atom is 0.273 e. The van der Waals surface area contributed by atoms with Gasteiger partial charge in [-0.3, -0.25) is 9.89 Å². The van der Waals surface area contributed by atoms with Gasteiger partial charge in [0.15, 0.2) is 5.15 Å². The van der Waals surface area contributed by atoms with Crippen LogP contribution in [0.5, 0.6) is 5.75 Å². The first-order valence-electron chi connectivity index (χ1n) is 5.48. The topological polar surface area (TPSA) is 72.8 Å². The predicted octanol–water partition coefficient (Wildman–Crippen LogP) is 1.77. The highest BCUT2D eigenvalue weighted by Crippen LogP contribution is 2.21. The van der Waals surface area contributed by atoms with E-state index in [1.165, 1.54) is 17.9 Å². The third-order valence-electron chi connectivity index (χ3n) is 2.71. The van der Waals surface area contributed by atoms with E-state index in [1.807, 2.05) is 6.07 Å². The molecule has 0 atom stereocenters. The van der Waals surface area contributed by atoms with E-state index in [1.54, 1.807) is 18.2 Å². The molecule has 0 fully saturated rings. The normalized spacial score (nSPS) is 10.8. The minimum absolute atomic E-state index is 0.221. The average Bonchev–Trinajstić information content (AvgIpc) is 2.78. The first-order chi connectivity index (χ1) is 9.20. The summed E-state index contributed by atoms with van der Waals surface area (Å²) in [6.07, 6.45) is 0. The molecule has 7 heteroatoms. The molecule has 0 bridgehead atoms. The number of H-pyrrole nitrogens is 1. The van der Waals surface area contributed by atoms with Crippen LogP contribution in [-0.4, -0.2) is 27.1 Å². The molecule has 0 saturated carbocycles. The fourth-order valence-corrected chi connectivity index (χ4v) is 2.02. The van der Waals surface area contributed by atoms with Crippen LogP contribution in [-0.2, 0) is 0 Å². The molecule has 0 unspecified atom stereocenters. The second kappa shape index (κ2) is 4.40. The Balaban J connectivity index is 2.32. The largest absolute Gasteiger partial charge is 0.494 e. The highest BCUT2D eigenvalue weighted by Gasteiger charge is 2.12. The number of halogens is 1. The lowest BCUT2D eigenvalue weighted by atomic mass is 10.3. The van der Waals surface area contributed by atoms with Crippen molar-refractivity contribution < 1.29 is 4.74 Å². The highest BCUT2D eigenvalue weighted by atomic mass is 35.5. The minimum atomic E-state index is -0.294. The zero-order valence-electron chi connectivity index (χ0n) is 9.92. The molecule has 19 heavy (non-hydrogen) atoms. The summed E-state index contributed by atoms with van der Waals surface area (Å²) in [5.74, 6) is 0.552. The molecule has 0 radical (unpaired) electrons. The van der Waals surface area contributed by atoms with E-state index in [-0.39, 0.29) is 10.7 Å². The van der Waals surface area contributed by atoms with Gasteiger partial charge < -0.3 is 4.74 Å². The second-order valence-corrected chi connectivity index (χ2v) is 4.20. The molecule has 6 nitrogen and oxygen atoms in total. The van der Waals surface area contributed by atoms with Crippen LogP contribution in [0.1, 0.15) is 0 Å². The van der Waals surface area contributed by atoms with E-state index >= 15 is 0 Å². The molecule has 2 heterocycles. The Morgan fingerprint density at radius 1 is 1.37 bits per heavy atom. The number of methoxy groups -OCH3 is 1. The summed E-state index contributed by atoms with van der Waals surface area (Å²) in [4.78, 5) is 12.1. The van der Waals surface area contributed by atoms with Crippen molar-refractivity contribution in [2.45, 2.75) is 0 Å². The Kier molecular flexibility index (Phi) is 2.72. The van der Waals surface area contributed by atoms with Gasteiger partial charge in [-0.25, -0.2) is 0 Å². The molecule has 3 aromatic rings. The van der Waals surface area contributed by atoms with Crippen LogP contribution >= 0.6 is 11.6 Å². The summed E-state index contributed by atoms with van der Waals surface area (Å²) < 4.78 is 6.46. The molecular weight excluding hydrogens is 268 g/mol. The second-order valence-electron chi connectivity index (χ2n) is 3.84. The average molecular weight is 277 g/mol. The number of hydrogen-bond acceptors (Lipinski definition) is 4. The molecule has 0 aliphatic carbocycles. The van der Waals surface area contributed by atoms with E-state index in [0.29, 0.717) is 22.5 Å². The lowest BCUT2D eigenvalue weighted by Gasteiger charge is -2.09. The molecule has 0 aliphatic rings. The van der Waals surface area contributed by atoms with E-state index in [4.69, 9.17) is 16.3 Å². The molecule has 0 aliphatic heterocycles. The van der Waals surface area contributed by atoms with Crippen molar-refractivity contribution in [2.75, 3.05) is 7.11 Å². The minimum Gasteiger partial charge on any atom is -0.494 e. The smallest absolute Gasteiger partial charge is 0.273 e. The maximum absolute atomic E-state index is 12.1. The summed E-state index contributed by atoms with van der Waals surface area (Å²) in [5, 5.41) is 10.9. The molecule has 0 amide bonds. The SMILES string of the molecule is COc1ccccc1-n1nc2c(Cl)n[nH]c2cc1=O. The molecule has 1 N–H and O–H groups in total. The van der Waals surface area contributed by atoms with Gasteiger partial charge in [0.25, 0.3) is 5.56 Å². The van der Waals surface area contributed by atoms with Gasteiger partial charge >= 0.3 is 0 Å². The monoisotopic (exact) mass is 276 g/mol. The van der Waals surface area contributed by atoms with Gasteiger partial charge in [0.2, 0.25) is 0 Å². The molecular formula is C12H9ClN4O2. The lowest BCUT2D eigenvalue weighted by molar-refractivity contribution is 0.411. The quantitative estimate of drug-likeness (QED) is 0.774. The van der Waals surface area contributed by atoms with Crippen LogP contribution in [0.3, 0.4) is 0 Å². The Hall–Kier alpha value is -2.34. The van der Waals surface area contributed by atoms with E-state index in [0.717, 1.165) is 0 Å². The molecule has 96 valence electrons. The van der Waals surface area contributed by atoms with Crippen molar-refractivity contribution in [3.8, 4) is 11.4 Å². The Morgan fingerprint density at radius 3 is 2.95 bits per heavy atom. The molecule has 3 rings (SSSR count). The van der Waals surface area contributed by atoms with Crippen molar-refractivity contribution in [3.05, 3.63) is 45.8 Å². The van der Waals surface area contributed by atoms with Crippen molar-refractivity contribution in [2.24, 2.45) is 0 Å². The Bertz CT molecular complexity index is 809. The third-order valence-corrected chi connectivity index (χ3v) is 2.98. The highest BCUT2D eigenvalue weighted by molar-refractivity contribution is 6.33. The van der Waals surface area contributed by atoms with Crippen LogP contribution < -0.4 is 10.3 Å². The van der Waals surface area contributed by atoms with E-state index < -0.39 is 0 Å². The number of para-hydroxylation sites is 2. The number of aromatic amines is 1. The van der Waals surface area contributed by atoms with Crippen molar-refractivity contribution in [1.82, 2.24) is 20.0 Å². The maximum atomic E-state index is 12.1. The van der Waals surface area contributed by atoms with Gasteiger partial charge in [0.1, 0.15) is 17.0 Å². The zero-order valence-corrected chi connectivity index (χ0v) is 10.7. The van der Waals surface area contributed by atoms with Crippen LogP contribution in [0.2, 0.25) is 5.15 Å². The van der Waals surface area contributed by atoms with Crippen LogP contribution in [0.4, 0.5) is 0 Å². The number of nitrogens with one attached hydrogen (secondary N) is 1. The number of benzene rings is 1. The van der Waals surface area contributed by atoms with Crippen molar-refractivity contribution >= 4 is 22.6 Å². The van der Waals surface area contributed by atoms with E-state index in [9.17, 15) is 4.79 Å².